The summed E-state index contributed by atoms with van der Waals surface area (Å²) in [6.45, 7) is 3.74. The Kier molecular flexibility index (Phi) is 6.32. The van der Waals surface area contributed by atoms with Crippen molar-refractivity contribution in [2.24, 2.45) is 0 Å². The van der Waals surface area contributed by atoms with Crippen molar-refractivity contribution in [3.05, 3.63) is 12.7 Å². The summed E-state index contributed by atoms with van der Waals surface area (Å²) in [5.74, 6) is 0. The highest BCUT2D eigenvalue weighted by Gasteiger charge is 1.83. The molecule has 0 rings (SSSR count). The van der Waals surface area contributed by atoms with Gasteiger partial charge in [-0.25, -0.2) is 0 Å². The molecule has 0 aliphatic rings. The lowest BCUT2D eigenvalue weighted by Crippen LogP contribution is -1.82. The van der Waals surface area contributed by atoms with Crippen LogP contribution in [-0.4, -0.2) is 6.61 Å². The van der Waals surface area contributed by atoms with Gasteiger partial charge in [-0.05, 0) is 23.8 Å². The van der Waals surface area contributed by atoms with Crippen LogP contribution in [0.4, 0.5) is 4.53 Å². The van der Waals surface area contributed by atoms with Gasteiger partial charge in [0.15, 0.2) is 0 Å². The van der Waals surface area contributed by atoms with Crippen LogP contribution in [-0.2, 0) is 4.94 Å². The number of allylic oxidation sites excluding steroid dienone is 1. The van der Waals surface area contributed by atoms with Gasteiger partial charge in [-0.15, -0.1) is 6.58 Å². The van der Waals surface area contributed by atoms with E-state index >= 15 is 0 Å². The third kappa shape index (κ3) is 5.63. The Hall–Kier alpha value is -0.370. The minimum atomic E-state index is 0.216. The number of rotatable bonds is 5. The summed E-state index contributed by atoms with van der Waals surface area (Å²) in [6, 6.07) is 0. The molecule has 0 saturated heterocycles. The van der Waals surface area contributed by atoms with E-state index in [1.807, 2.05) is 6.08 Å². The zero-order chi connectivity index (χ0) is 6.24. The van der Waals surface area contributed by atoms with Crippen molar-refractivity contribution in [1.82, 2.24) is 0 Å². The first-order chi connectivity index (χ1) is 3.91. The molecule has 0 aliphatic heterocycles. The van der Waals surface area contributed by atoms with Crippen molar-refractivity contribution in [2.45, 2.75) is 19.3 Å². The second kappa shape index (κ2) is 6.63. The maximum absolute atomic E-state index is 10.9. The van der Waals surface area contributed by atoms with Crippen LogP contribution < -0.4 is 0 Å². The third-order valence-electron chi connectivity index (χ3n) is 0.880. The Morgan fingerprint density at radius 1 is 1.50 bits per heavy atom. The molecule has 1 nitrogen and oxygen atoms in total. The van der Waals surface area contributed by atoms with Gasteiger partial charge in [0.2, 0.25) is 0 Å². The minimum absolute atomic E-state index is 0.216. The molecule has 2 heteroatoms. The second-order valence-corrected chi connectivity index (χ2v) is 1.60. The molecule has 0 unspecified atom stereocenters. The lowest BCUT2D eigenvalue weighted by molar-refractivity contribution is -0.132. The second-order valence-electron chi connectivity index (χ2n) is 1.60. The summed E-state index contributed by atoms with van der Waals surface area (Å²) in [7, 11) is 0. The normalized spacial score (nSPS) is 9.12. The number of unbranched alkanes of at least 4 members (excludes halogenated alkanes) is 2. The fourth-order valence-electron chi connectivity index (χ4n) is 0.445. The van der Waals surface area contributed by atoms with Crippen molar-refractivity contribution in [3.63, 3.8) is 0 Å². The first kappa shape index (κ1) is 7.63. The van der Waals surface area contributed by atoms with E-state index in [1.54, 1.807) is 0 Å². The van der Waals surface area contributed by atoms with Gasteiger partial charge in [0.1, 0.15) is 0 Å². The summed E-state index contributed by atoms with van der Waals surface area (Å²) in [6.07, 6.45) is 4.51. The molecule has 0 aliphatic carbocycles. The maximum atomic E-state index is 10.9. The Balaban J connectivity index is 2.62. The standard InChI is InChI=1S/C6H11FO/c1-2-3-4-5-6-8-7/h2H,1,3-6H2. The molecule has 0 heterocycles. The van der Waals surface area contributed by atoms with Crippen LogP contribution in [0.3, 0.4) is 0 Å². The van der Waals surface area contributed by atoms with Crippen LogP contribution in [0.15, 0.2) is 12.7 Å². The quantitative estimate of drug-likeness (QED) is 0.397. The first-order valence-electron chi connectivity index (χ1n) is 2.76. The van der Waals surface area contributed by atoms with Gasteiger partial charge in [0, 0.05) is 0 Å². The summed E-state index contributed by atoms with van der Waals surface area (Å²) in [5.41, 5.74) is 0. The summed E-state index contributed by atoms with van der Waals surface area (Å²) < 4.78 is 10.9. The van der Waals surface area contributed by atoms with Crippen LogP contribution in [0.1, 0.15) is 19.3 Å². The van der Waals surface area contributed by atoms with Crippen molar-refractivity contribution < 1.29 is 9.47 Å². The molecular weight excluding hydrogens is 107 g/mol. The van der Waals surface area contributed by atoms with Crippen molar-refractivity contribution in [2.75, 3.05) is 6.61 Å². The Morgan fingerprint density at radius 3 is 2.75 bits per heavy atom. The number of halogens is 1. The van der Waals surface area contributed by atoms with Gasteiger partial charge in [0.05, 0.1) is 6.61 Å². The average molecular weight is 118 g/mol. The molecule has 0 N–H and O–H groups in total. The lowest BCUT2D eigenvalue weighted by atomic mass is 10.2. The van der Waals surface area contributed by atoms with Gasteiger partial charge < -0.3 is 0 Å². The molecule has 0 saturated carbocycles. The zero-order valence-electron chi connectivity index (χ0n) is 4.90. The minimum Gasteiger partial charge on any atom is -0.194 e. The highest BCUT2D eigenvalue weighted by molar-refractivity contribution is 4.64. The van der Waals surface area contributed by atoms with E-state index in [4.69, 9.17) is 0 Å². The molecule has 8 heavy (non-hydrogen) atoms. The zero-order valence-corrected chi connectivity index (χ0v) is 4.90. The van der Waals surface area contributed by atoms with Gasteiger partial charge in [0.25, 0.3) is 0 Å². The highest BCUT2D eigenvalue weighted by atomic mass is 19.3. The molecule has 0 radical (unpaired) electrons. The van der Waals surface area contributed by atoms with E-state index in [2.05, 4.69) is 11.5 Å². The highest BCUT2D eigenvalue weighted by Crippen LogP contribution is 1.95. The first-order valence-corrected chi connectivity index (χ1v) is 2.76. The molecule has 0 aromatic carbocycles. The average Bonchev–Trinajstić information content (AvgIpc) is 1.81. The van der Waals surface area contributed by atoms with E-state index in [-0.39, 0.29) is 6.61 Å². The number of hydrogen-bond acceptors (Lipinski definition) is 1. The topological polar surface area (TPSA) is 9.23 Å². The molecule has 0 amide bonds. The van der Waals surface area contributed by atoms with Gasteiger partial charge in [-0.3, -0.25) is 0 Å². The third-order valence-corrected chi connectivity index (χ3v) is 0.880. The summed E-state index contributed by atoms with van der Waals surface area (Å²) in [4.78, 5) is 3.35. The van der Waals surface area contributed by atoms with Crippen LogP contribution in [0.2, 0.25) is 0 Å². The molecule has 0 aromatic rings. The number of hydrogen-bond donors (Lipinski definition) is 0. The smallest absolute Gasteiger partial charge is 0.0876 e. The molecule has 0 atom stereocenters. The van der Waals surface area contributed by atoms with E-state index in [9.17, 15) is 4.53 Å². The summed E-state index contributed by atoms with van der Waals surface area (Å²) in [5, 5.41) is 0. The van der Waals surface area contributed by atoms with Crippen LogP contribution >= 0.6 is 0 Å². The molecule has 0 bridgehead atoms. The van der Waals surface area contributed by atoms with E-state index < -0.39 is 0 Å². The molecule has 0 fully saturated rings. The Bertz CT molecular complexity index is 54.5. The van der Waals surface area contributed by atoms with Crippen LogP contribution in [0, 0.1) is 0 Å². The predicted octanol–water partition coefficient (Wildman–Crippen LogP) is 2.24. The van der Waals surface area contributed by atoms with Crippen molar-refractivity contribution in [1.29, 1.82) is 0 Å². The van der Waals surface area contributed by atoms with Gasteiger partial charge in [-0.1, -0.05) is 6.08 Å². The largest absolute Gasteiger partial charge is 0.194 e. The van der Waals surface area contributed by atoms with Crippen molar-refractivity contribution >= 4 is 0 Å². The summed E-state index contributed by atoms with van der Waals surface area (Å²) >= 11 is 0. The SMILES string of the molecule is C=CCCCCOF. The van der Waals surface area contributed by atoms with E-state index in [0.717, 1.165) is 19.3 Å². The van der Waals surface area contributed by atoms with Gasteiger partial charge in [-0.2, -0.15) is 4.94 Å². The lowest BCUT2D eigenvalue weighted by Gasteiger charge is -1.90. The maximum Gasteiger partial charge on any atom is 0.0876 e. The van der Waals surface area contributed by atoms with E-state index in [1.165, 1.54) is 0 Å². The molecular formula is C6H11FO. The Morgan fingerprint density at radius 2 is 2.25 bits per heavy atom. The predicted molar refractivity (Wildman–Crippen MR) is 31.1 cm³/mol. The Labute approximate surface area is 49.1 Å². The monoisotopic (exact) mass is 118 g/mol. The van der Waals surface area contributed by atoms with Crippen LogP contribution in [0.5, 0.6) is 0 Å². The fourth-order valence-corrected chi connectivity index (χ4v) is 0.445. The van der Waals surface area contributed by atoms with Crippen LogP contribution in [0.25, 0.3) is 0 Å². The molecule has 0 aromatic heterocycles. The fraction of sp³-hybridized carbons (Fsp3) is 0.667. The van der Waals surface area contributed by atoms with E-state index in [0.29, 0.717) is 0 Å². The molecule has 48 valence electrons. The van der Waals surface area contributed by atoms with Gasteiger partial charge >= 0.3 is 0 Å². The van der Waals surface area contributed by atoms with Crippen molar-refractivity contribution in [3.8, 4) is 0 Å². The molecule has 0 spiro atoms.